The average Bonchev–Trinajstić information content (AvgIpc) is 2.62. The fourth-order valence-electron chi connectivity index (χ4n) is 4.83. The van der Waals surface area contributed by atoms with E-state index in [-0.39, 0.29) is 29.7 Å². The monoisotopic (exact) mass is 295 g/mol. The first kappa shape index (κ1) is 15.0. The van der Waals surface area contributed by atoms with Crippen LogP contribution in [0, 0.1) is 29.6 Å². The first-order chi connectivity index (χ1) is 10.2. The molecule has 0 aromatic rings. The van der Waals surface area contributed by atoms with Crippen molar-refractivity contribution in [2.24, 2.45) is 29.6 Å². The molecule has 0 radical (unpaired) electrons. The summed E-state index contributed by atoms with van der Waals surface area (Å²) in [5.74, 6) is 0.268. The number of esters is 2. The van der Waals surface area contributed by atoms with Crippen LogP contribution in [0.15, 0.2) is 0 Å². The van der Waals surface area contributed by atoms with Gasteiger partial charge < -0.3 is 9.57 Å². The molecular formula is C16H25NO4. The molecule has 118 valence electrons. The van der Waals surface area contributed by atoms with Gasteiger partial charge in [-0.1, -0.05) is 19.3 Å². The van der Waals surface area contributed by atoms with Gasteiger partial charge in [-0.25, -0.2) is 5.48 Å². The number of hydrogen-bond acceptors (Lipinski definition) is 5. The molecule has 5 heteroatoms. The summed E-state index contributed by atoms with van der Waals surface area (Å²) in [7, 11) is 1.62. The van der Waals surface area contributed by atoms with Crippen molar-refractivity contribution >= 4 is 11.9 Å². The van der Waals surface area contributed by atoms with Crippen molar-refractivity contribution in [1.29, 1.82) is 0 Å². The molecule has 1 N–H and O–H groups in total. The van der Waals surface area contributed by atoms with Crippen LogP contribution in [0.2, 0.25) is 0 Å². The van der Waals surface area contributed by atoms with E-state index < -0.39 is 0 Å². The van der Waals surface area contributed by atoms with Gasteiger partial charge in [-0.15, -0.1) is 0 Å². The molecule has 5 atom stereocenters. The predicted molar refractivity (Wildman–Crippen MR) is 75.9 cm³/mol. The van der Waals surface area contributed by atoms with Gasteiger partial charge in [0.05, 0.1) is 18.9 Å². The highest BCUT2D eigenvalue weighted by molar-refractivity contribution is 5.89. The van der Waals surface area contributed by atoms with Crippen LogP contribution in [0.4, 0.5) is 0 Å². The second-order valence-electron chi connectivity index (χ2n) is 6.72. The number of hydrogen-bond donors (Lipinski definition) is 1. The fraction of sp³-hybridized carbons (Fsp3) is 0.875. The van der Waals surface area contributed by atoms with E-state index in [1.54, 1.807) is 7.11 Å². The van der Waals surface area contributed by atoms with Gasteiger partial charge >= 0.3 is 11.9 Å². The van der Waals surface area contributed by atoms with E-state index in [0.717, 1.165) is 51.5 Å². The van der Waals surface area contributed by atoms with Crippen molar-refractivity contribution in [2.75, 3.05) is 13.7 Å². The Balaban J connectivity index is 1.88. The third-order valence-electron chi connectivity index (χ3n) is 5.71. The summed E-state index contributed by atoms with van der Waals surface area (Å²) in [5.41, 5.74) is 2.96. The van der Waals surface area contributed by atoms with Crippen LogP contribution in [0.5, 0.6) is 0 Å². The summed E-state index contributed by atoms with van der Waals surface area (Å²) in [6.07, 6.45) is 7.16. The smallest absolute Gasteiger partial charge is 0.316 e. The second kappa shape index (κ2) is 6.44. The number of nitrogens with one attached hydrogen (secondary N) is 1. The lowest BCUT2D eigenvalue weighted by atomic mass is 9.60. The minimum absolute atomic E-state index is 0.0687. The normalized spacial score (nSPS) is 40.0. The van der Waals surface area contributed by atoms with Crippen LogP contribution in [0.25, 0.3) is 0 Å². The Hall–Kier alpha value is -0.940. The van der Waals surface area contributed by atoms with E-state index in [1.807, 2.05) is 0 Å². The van der Waals surface area contributed by atoms with Crippen molar-refractivity contribution in [1.82, 2.24) is 5.48 Å². The summed E-state index contributed by atoms with van der Waals surface area (Å²) in [4.78, 5) is 29.6. The van der Waals surface area contributed by atoms with E-state index in [2.05, 4.69) is 5.48 Å². The summed E-state index contributed by atoms with van der Waals surface area (Å²) in [5, 5.41) is 0. The molecule has 3 aliphatic rings. The third-order valence-corrected chi connectivity index (χ3v) is 5.71. The minimum atomic E-state index is -0.276. The van der Waals surface area contributed by atoms with Gasteiger partial charge in [-0.2, -0.15) is 0 Å². The maximum Gasteiger partial charge on any atom is 0.316 e. The molecule has 3 fully saturated rings. The SMILES string of the molecule is CONCC1CCCC2C(=O)OC(=O)C3CCCCC3C12. The molecule has 2 aliphatic carbocycles. The standard InChI is InChI=1S/C16H25NO4/c1-20-17-9-10-5-4-8-13-14(10)11-6-2-3-7-12(11)15(18)21-16(13)19/h10-14,17H,2-9H2,1H3. The van der Waals surface area contributed by atoms with Gasteiger partial charge in [-0.3, -0.25) is 9.59 Å². The highest BCUT2D eigenvalue weighted by Crippen LogP contribution is 2.49. The van der Waals surface area contributed by atoms with Gasteiger partial charge in [-0.05, 0) is 43.4 Å². The molecule has 0 spiro atoms. The first-order valence-electron chi connectivity index (χ1n) is 8.23. The molecule has 0 amide bonds. The summed E-state index contributed by atoms with van der Waals surface area (Å²) < 4.78 is 5.17. The highest BCUT2D eigenvalue weighted by Gasteiger charge is 2.50. The van der Waals surface area contributed by atoms with Crippen LogP contribution in [0.3, 0.4) is 0 Å². The Kier molecular flexibility index (Phi) is 4.60. The van der Waals surface area contributed by atoms with E-state index in [1.165, 1.54) is 0 Å². The summed E-state index contributed by atoms with van der Waals surface area (Å²) in [6.45, 7) is 0.752. The molecule has 0 aromatic heterocycles. The maximum atomic E-state index is 12.3. The van der Waals surface area contributed by atoms with Crippen molar-refractivity contribution in [3.05, 3.63) is 0 Å². The van der Waals surface area contributed by atoms with Crippen LogP contribution >= 0.6 is 0 Å². The Morgan fingerprint density at radius 2 is 1.76 bits per heavy atom. The molecule has 5 nitrogen and oxygen atoms in total. The predicted octanol–water partition coefficient (Wildman–Crippen LogP) is 2.06. The topological polar surface area (TPSA) is 64.6 Å². The van der Waals surface area contributed by atoms with E-state index in [4.69, 9.17) is 9.57 Å². The minimum Gasteiger partial charge on any atom is -0.393 e. The Morgan fingerprint density at radius 3 is 2.57 bits per heavy atom. The van der Waals surface area contributed by atoms with Gasteiger partial charge in [0, 0.05) is 6.54 Å². The summed E-state index contributed by atoms with van der Waals surface area (Å²) >= 11 is 0. The van der Waals surface area contributed by atoms with Crippen LogP contribution < -0.4 is 5.48 Å². The van der Waals surface area contributed by atoms with E-state index in [9.17, 15) is 9.59 Å². The molecule has 21 heavy (non-hydrogen) atoms. The molecule has 2 saturated carbocycles. The number of rotatable bonds is 3. The lowest BCUT2D eigenvalue weighted by Crippen LogP contribution is -2.43. The lowest BCUT2D eigenvalue weighted by Gasteiger charge is -2.42. The van der Waals surface area contributed by atoms with Crippen molar-refractivity contribution in [2.45, 2.75) is 44.9 Å². The third kappa shape index (κ3) is 2.86. The lowest BCUT2D eigenvalue weighted by molar-refractivity contribution is -0.164. The Morgan fingerprint density at radius 1 is 1.05 bits per heavy atom. The molecule has 5 unspecified atom stereocenters. The van der Waals surface area contributed by atoms with Crippen LogP contribution in [-0.2, 0) is 19.2 Å². The zero-order valence-corrected chi connectivity index (χ0v) is 12.7. The molecule has 3 rings (SSSR count). The molecule has 1 aliphatic heterocycles. The largest absolute Gasteiger partial charge is 0.393 e. The zero-order valence-electron chi connectivity index (χ0n) is 12.7. The Bertz CT molecular complexity index is 411. The second-order valence-corrected chi connectivity index (χ2v) is 6.72. The number of ether oxygens (including phenoxy) is 1. The number of fused-ring (bicyclic) bond motifs is 3. The molecule has 1 saturated heterocycles. The average molecular weight is 295 g/mol. The fourth-order valence-corrected chi connectivity index (χ4v) is 4.83. The quantitative estimate of drug-likeness (QED) is 0.490. The first-order valence-corrected chi connectivity index (χ1v) is 8.23. The van der Waals surface area contributed by atoms with Gasteiger partial charge in [0.15, 0.2) is 0 Å². The molecule has 1 heterocycles. The van der Waals surface area contributed by atoms with E-state index >= 15 is 0 Å². The van der Waals surface area contributed by atoms with Gasteiger partial charge in [0.2, 0.25) is 0 Å². The number of carbonyl (C=O) groups excluding carboxylic acids is 2. The Labute approximate surface area is 125 Å². The molecule has 0 aromatic carbocycles. The van der Waals surface area contributed by atoms with Crippen LogP contribution in [-0.4, -0.2) is 25.6 Å². The maximum absolute atomic E-state index is 12.3. The number of cyclic esters (lactones) is 2. The van der Waals surface area contributed by atoms with Gasteiger partial charge in [0.25, 0.3) is 0 Å². The van der Waals surface area contributed by atoms with Crippen LogP contribution in [0.1, 0.15) is 44.9 Å². The number of carbonyl (C=O) groups is 2. The van der Waals surface area contributed by atoms with Crippen molar-refractivity contribution in [3.8, 4) is 0 Å². The van der Waals surface area contributed by atoms with Gasteiger partial charge in [0.1, 0.15) is 0 Å². The van der Waals surface area contributed by atoms with Crippen molar-refractivity contribution in [3.63, 3.8) is 0 Å². The zero-order chi connectivity index (χ0) is 14.8. The van der Waals surface area contributed by atoms with E-state index in [0.29, 0.717) is 11.8 Å². The molecule has 0 bridgehead atoms. The van der Waals surface area contributed by atoms with Crippen molar-refractivity contribution < 1.29 is 19.2 Å². The molecular weight excluding hydrogens is 270 g/mol. The number of hydroxylamine groups is 1. The highest BCUT2D eigenvalue weighted by atomic mass is 16.6. The summed E-state index contributed by atoms with van der Waals surface area (Å²) in [6, 6.07) is 0.